The predicted molar refractivity (Wildman–Crippen MR) is 84.4 cm³/mol. The number of aromatic amines is 1. The molecule has 9 heteroatoms. The van der Waals surface area contributed by atoms with Gasteiger partial charge in [0.05, 0.1) is 5.56 Å². The highest BCUT2D eigenvalue weighted by atomic mass is 32.2. The molecule has 0 saturated carbocycles. The molecular weight excluding hydrogens is 333 g/mol. The average molecular weight is 343 g/mol. The van der Waals surface area contributed by atoms with Crippen LogP contribution in [-0.4, -0.2) is 24.7 Å². The van der Waals surface area contributed by atoms with Crippen molar-refractivity contribution < 1.29 is 8.91 Å². The number of H-pyrrole nitrogens is 1. The Balaban J connectivity index is 1.67. The predicted octanol–water partition coefficient (Wildman–Crippen LogP) is 2.67. The Hall–Kier alpha value is -2.94. The van der Waals surface area contributed by atoms with Gasteiger partial charge < -0.3 is 4.52 Å². The van der Waals surface area contributed by atoms with Crippen LogP contribution in [0.25, 0.3) is 17.0 Å². The summed E-state index contributed by atoms with van der Waals surface area (Å²) in [6, 6.07) is 9.27. The van der Waals surface area contributed by atoms with Crippen LogP contribution in [0.3, 0.4) is 0 Å². The molecule has 0 amide bonds. The first-order valence-electron chi connectivity index (χ1n) is 6.96. The fourth-order valence-electron chi connectivity index (χ4n) is 2.21. The number of aromatic nitrogens is 5. The molecule has 24 heavy (non-hydrogen) atoms. The highest BCUT2D eigenvalue weighted by molar-refractivity contribution is 7.99. The van der Waals surface area contributed by atoms with Gasteiger partial charge in [-0.25, -0.2) is 14.4 Å². The number of halogens is 1. The molecule has 3 heterocycles. The lowest BCUT2D eigenvalue weighted by molar-refractivity contribution is 0.344. The molecule has 1 N–H and O–H groups in total. The SMILES string of the molecule is Cc1cc2nc(Sc3n[nH]c(-c4ccccc4F)n3)cc(=O)n2o1. The molecule has 0 fully saturated rings. The van der Waals surface area contributed by atoms with Crippen LogP contribution in [0, 0.1) is 12.7 Å². The van der Waals surface area contributed by atoms with Crippen molar-refractivity contribution in [2.24, 2.45) is 0 Å². The molecule has 4 aromatic rings. The highest BCUT2D eigenvalue weighted by Crippen LogP contribution is 2.25. The maximum absolute atomic E-state index is 13.8. The van der Waals surface area contributed by atoms with Gasteiger partial charge in [-0.1, -0.05) is 12.1 Å². The van der Waals surface area contributed by atoms with E-state index in [0.29, 0.717) is 33.0 Å². The third-order valence-electron chi connectivity index (χ3n) is 3.24. The smallest absolute Gasteiger partial charge is 0.288 e. The quantitative estimate of drug-likeness (QED) is 0.575. The third kappa shape index (κ3) is 2.58. The second kappa shape index (κ2) is 5.60. The number of benzene rings is 1. The molecule has 120 valence electrons. The first-order valence-corrected chi connectivity index (χ1v) is 7.78. The topological polar surface area (TPSA) is 89.1 Å². The van der Waals surface area contributed by atoms with Crippen molar-refractivity contribution in [1.29, 1.82) is 0 Å². The Morgan fingerprint density at radius 2 is 2.08 bits per heavy atom. The van der Waals surface area contributed by atoms with Crippen molar-refractivity contribution in [1.82, 2.24) is 24.7 Å². The molecule has 0 radical (unpaired) electrons. The van der Waals surface area contributed by atoms with E-state index in [2.05, 4.69) is 20.2 Å². The molecule has 4 rings (SSSR count). The third-order valence-corrected chi connectivity index (χ3v) is 4.02. The van der Waals surface area contributed by atoms with E-state index < -0.39 is 5.82 Å². The van der Waals surface area contributed by atoms with Crippen molar-refractivity contribution in [3.05, 3.63) is 58.3 Å². The lowest BCUT2D eigenvalue weighted by Gasteiger charge is -1.97. The van der Waals surface area contributed by atoms with Crippen LogP contribution in [0.2, 0.25) is 0 Å². The van der Waals surface area contributed by atoms with E-state index >= 15 is 0 Å². The molecule has 3 aromatic heterocycles. The average Bonchev–Trinajstić information content (AvgIpc) is 3.14. The van der Waals surface area contributed by atoms with Crippen LogP contribution in [0.15, 0.2) is 55.9 Å². The number of rotatable bonds is 3. The number of fused-ring (bicyclic) bond motifs is 1. The van der Waals surface area contributed by atoms with Gasteiger partial charge in [-0.3, -0.25) is 9.89 Å². The minimum atomic E-state index is -0.392. The van der Waals surface area contributed by atoms with Crippen LogP contribution >= 0.6 is 11.8 Å². The lowest BCUT2D eigenvalue weighted by Crippen LogP contribution is -2.11. The van der Waals surface area contributed by atoms with E-state index in [1.54, 1.807) is 31.2 Å². The number of hydrogen-bond acceptors (Lipinski definition) is 6. The van der Waals surface area contributed by atoms with E-state index in [4.69, 9.17) is 4.52 Å². The molecule has 0 saturated heterocycles. The van der Waals surface area contributed by atoms with Crippen LogP contribution in [0.4, 0.5) is 4.39 Å². The first-order chi connectivity index (χ1) is 11.6. The highest BCUT2D eigenvalue weighted by Gasteiger charge is 2.13. The number of nitrogens with zero attached hydrogens (tertiary/aromatic N) is 4. The Kier molecular flexibility index (Phi) is 3.42. The number of aryl methyl sites for hydroxylation is 1. The summed E-state index contributed by atoms with van der Waals surface area (Å²) in [5.41, 5.74) is 0.401. The van der Waals surface area contributed by atoms with Crippen LogP contribution in [0.1, 0.15) is 5.76 Å². The summed E-state index contributed by atoms with van der Waals surface area (Å²) in [4.78, 5) is 20.5. The maximum Gasteiger partial charge on any atom is 0.288 e. The van der Waals surface area contributed by atoms with Gasteiger partial charge in [0.1, 0.15) is 16.6 Å². The number of hydrogen-bond donors (Lipinski definition) is 1. The van der Waals surface area contributed by atoms with Crippen molar-refractivity contribution >= 4 is 17.4 Å². The molecule has 0 spiro atoms. The van der Waals surface area contributed by atoms with Gasteiger partial charge in [-0.2, -0.15) is 0 Å². The van der Waals surface area contributed by atoms with Gasteiger partial charge in [0.25, 0.3) is 5.56 Å². The van der Waals surface area contributed by atoms with Gasteiger partial charge >= 0.3 is 0 Å². The minimum Gasteiger partial charge on any atom is -0.375 e. The summed E-state index contributed by atoms with van der Waals surface area (Å²) < 4.78 is 20.1. The van der Waals surface area contributed by atoms with Crippen molar-refractivity contribution in [2.75, 3.05) is 0 Å². The van der Waals surface area contributed by atoms with E-state index in [-0.39, 0.29) is 5.56 Å². The number of nitrogens with one attached hydrogen (secondary N) is 1. The zero-order valence-corrected chi connectivity index (χ0v) is 13.2. The van der Waals surface area contributed by atoms with Crippen LogP contribution in [0.5, 0.6) is 0 Å². The van der Waals surface area contributed by atoms with Gasteiger partial charge in [-0.15, -0.1) is 9.67 Å². The van der Waals surface area contributed by atoms with Gasteiger partial charge in [-0.05, 0) is 30.8 Å². The van der Waals surface area contributed by atoms with Gasteiger partial charge in [0, 0.05) is 12.1 Å². The van der Waals surface area contributed by atoms with E-state index in [1.807, 2.05) is 0 Å². The lowest BCUT2D eigenvalue weighted by atomic mass is 10.2. The molecule has 0 aliphatic rings. The summed E-state index contributed by atoms with van der Waals surface area (Å²) in [6.07, 6.45) is 0. The Bertz CT molecular complexity index is 1100. The second-order valence-corrected chi connectivity index (χ2v) is 5.97. The Morgan fingerprint density at radius 1 is 1.25 bits per heavy atom. The zero-order valence-electron chi connectivity index (χ0n) is 12.4. The monoisotopic (exact) mass is 343 g/mol. The Morgan fingerprint density at radius 3 is 2.92 bits per heavy atom. The summed E-state index contributed by atoms with van der Waals surface area (Å²) >= 11 is 1.11. The Labute approximate surface area is 138 Å². The standard InChI is InChI=1S/C15H10FN5O2S/c1-8-6-11-17-12(7-13(22)21(11)23-8)24-15-18-14(19-20-15)9-4-2-3-5-10(9)16/h2-7H,1H3,(H,18,19,20). The molecule has 0 bridgehead atoms. The molecule has 1 aromatic carbocycles. The second-order valence-electron chi connectivity index (χ2n) is 4.98. The summed E-state index contributed by atoms with van der Waals surface area (Å²) in [5.74, 6) is 0.505. The van der Waals surface area contributed by atoms with Crippen molar-refractivity contribution in [3.63, 3.8) is 0 Å². The first kappa shape index (κ1) is 14.6. The van der Waals surface area contributed by atoms with Crippen molar-refractivity contribution in [2.45, 2.75) is 17.1 Å². The zero-order chi connectivity index (χ0) is 16.7. The van der Waals surface area contributed by atoms with Crippen LogP contribution in [-0.2, 0) is 0 Å². The molecule has 0 atom stereocenters. The molecule has 0 aliphatic carbocycles. The summed E-state index contributed by atoms with van der Waals surface area (Å²) in [7, 11) is 0. The minimum absolute atomic E-state index is 0.313. The van der Waals surface area contributed by atoms with Crippen LogP contribution < -0.4 is 5.56 Å². The van der Waals surface area contributed by atoms with E-state index in [1.165, 1.54) is 12.1 Å². The fourth-order valence-corrected chi connectivity index (χ4v) is 2.93. The molecule has 0 aliphatic heterocycles. The summed E-state index contributed by atoms with van der Waals surface area (Å²) in [6.45, 7) is 1.73. The van der Waals surface area contributed by atoms with Crippen molar-refractivity contribution in [3.8, 4) is 11.4 Å². The largest absolute Gasteiger partial charge is 0.375 e. The molecule has 0 unspecified atom stereocenters. The van der Waals surface area contributed by atoms with E-state index in [9.17, 15) is 9.18 Å². The molecular formula is C15H10FN5O2S. The summed E-state index contributed by atoms with van der Waals surface area (Å²) in [5, 5.41) is 7.49. The van der Waals surface area contributed by atoms with Gasteiger partial charge in [0.15, 0.2) is 11.5 Å². The van der Waals surface area contributed by atoms with E-state index in [0.717, 1.165) is 16.3 Å². The fraction of sp³-hybridized carbons (Fsp3) is 0.0667. The molecule has 7 nitrogen and oxygen atoms in total. The maximum atomic E-state index is 13.8. The normalized spacial score (nSPS) is 11.2. The van der Waals surface area contributed by atoms with Gasteiger partial charge in [0.2, 0.25) is 5.16 Å².